The molecule has 2 aromatic heterocycles. The van der Waals surface area contributed by atoms with Gasteiger partial charge in [-0.3, -0.25) is 0 Å². The molecule has 0 fully saturated rings. The Bertz CT molecular complexity index is 485. The van der Waals surface area contributed by atoms with E-state index >= 15 is 0 Å². The Hall–Kier alpha value is -1.55. The van der Waals surface area contributed by atoms with Gasteiger partial charge >= 0.3 is 0 Å². The lowest BCUT2D eigenvalue weighted by molar-refractivity contribution is 0.825. The van der Waals surface area contributed by atoms with Crippen molar-refractivity contribution >= 4 is 17.3 Å². The number of halogens is 1. The van der Waals surface area contributed by atoms with Crippen LogP contribution in [0.2, 0.25) is 5.02 Å². The second kappa shape index (κ2) is 3.55. The molecular weight excluding hydrogens is 212 g/mol. The molecule has 0 radical (unpaired) electrons. The maximum absolute atomic E-state index is 5.93. The van der Waals surface area contributed by atoms with E-state index < -0.39 is 0 Å². The summed E-state index contributed by atoms with van der Waals surface area (Å²) in [4.78, 5) is 4.22. The molecule has 0 bridgehead atoms. The van der Waals surface area contributed by atoms with Crippen LogP contribution < -0.4 is 5.73 Å². The van der Waals surface area contributed by atoms with Crippen molar-refractivity contribution in [2.75, 3.05) is 5.73 Å². The van der Waals surface area contributed by atoms with E-state index in [4.69, 9.17) is 17.3 Å². The second-order valence-electron chi connectivity index (χ2n) is 3.42. The lowest BCUT2D eigenvalue weighted by Crippen LogP contribution is -2.02. The van der Waals surface area contributed by atoms with Crippen molar-refractivity contribution in [2.45, 2.75) is 13.8 Å². The Kier molecular flexibility index (Phi) is 2.36. The Morgan fingerprint density at radius 3 is 2.67 bits per heavy atom. The monoisotopic (exact) mass is 222 g/mol. The molecule has 0 saturated carbocycles. The van der Waals surface area contributed by atoms with Crippen LogP contribution in [0.3, 0.4) is 0 Å². The summed E-state index contributed by atoms with van der Waals surface area (Å²) in [5.74, 6) is 0.749. The largest absolute Gasteiger partial charge is 0.397 e. The lowest BCUT2D eigenvalue weighted by Gasteiger charge is -2.04. The molecule has 5 heteroatoms. The highest BCUT2D eigenvalue weighted by atomic mass is 35.5. The quantitative estimate of drug-likeness (QED) is 0.804. The van der Waals surface area contributed by atoms with Crippen LogP contribution >= 0.6 is 11.6 Å². The van der Waals surface area contributed by atoms with Gasteiger partial charge in [-0.05, 0) is 25.5 Å². The fourth-order valence-electron chi connectivity index (χ4n) is 1.38. The third-order valence-corrected chi connectivity index (χ3v) is 2.50. The molecule has 4 nitrogen and oxygen atoms in total. The van der Waals surface area contributed by atoms with Gasteiger partial charge in [0.15, 0.2) is 5.82 Å². The highest BCUT2D eigenvalue weighted by Gasteiger charge is 2.07. The van der Waals surface area contributed by atoms with Crippen molar-refractivity contribution in [1.29, 1.82) is 0 Å². The number of rotatable bonds is 1. The molecular formula is C10H11ClN4. The standard InChI is InChI=1S/C10H11ClN4/c1-6-3-8(12)4-13-10(6)15-5-9(11)7(2)14-15/h3-5H,12H2,1-2H3. The third kappa shape index (κ3) is 1.80. The van der Waals surface area contributed by atoms with Crippen molar-refractivity contribution < 1.29 is 0 Å². The lowest BCUT2D eigenvalue weighted by atomic mass is 10.3. The van der Waals surface area contributed by atoms with Gasteiger partial charge in [0.05, 0.1) is 28.8 Å². The van der Waals surface area contributed by atoms with E-state index in [2.05, 4.69) is 10.1 Å². The molecule has 2 aromatic rings. The van der Waals surface area contributed by atoms with E-state index in [0.29, 0.717) is 10.7 Å². The molecule has 78 valence electrons. The predicted molar refractivity (Wildman–Crippen MR) is 60.3 cm³/mol. The summed E-state index contributed by atoms with van der Waals surface area (Å²) < 4.78 is 1.66. The molecule has 0 aliphatic heterocycles. The van der Waals surface area contributed by atoms with Crippen LogP contribution in [0, 0.1) is 13.8 Å². The molecule has 0 atom stereocenters. The van der Waals surface area contributed by atoms with Crippen LogP contribution in [-0.4, -0.2) is 14.8 Å². The molecule has 0 aliphatic carbocycles. The third-order valence-electron chi connectivity index (χ3n) is 2.13. The summed E-state index contributed by atoms with van der Waals surface area (Å²) in [7, 11) is 0. The maximum atomic E-state index is 5.93. The average Bonchev–Trinajstić information content (AvgIpc) is 2.46. The van der Waals surface area contributed by atoms with Gasteiger partial charge in [0.25, 0.3) is 0 Å². The van der Waals surface area contributed by atoms with Crippen LogP contribution in [0.15, 0.2) is 18.5 Å². The minimum absolute atomic E-state index is 0.632. The van der Waals surface area contributed by atoms with Crippen LogP contribution in [0.1, 0.15) is 11.3 Å². The summed E-state index contributed by atoms with van der Waals surface area (Å²) in [6.07, 6.45) is 3.34. The summed E-state index contributed by atoms with van der Waals surface area (Å²) in [5, 5.41) is 4.88. The highest BCUT2D eigenvalue weighted by molar-refractivity contribution is 6.31. The van der Waals surface area contributed by atoms with Gasteiger partial charge in [0, 0.05) is 0 Å². The Morgan fingerprint density at radius 2 is 2.13 bits per heavy atom. The van der Waals surface area contributed by atoms with Crippen molar-refractivity contribution in [2.24, 2.45) is 0 Å². The molecule has 2 rings (SSSR count). The molecule has 2 heterocycles. The minimum atomic E-state index is 0.632. The van der Waals surface area contributed by atoms with Crippen molar-refractivity contribution in [3.8, 4) is 5.82 Å². The van der Waals surface area contributed by atoms with Crippen LogP contribution in [0.4, 0.5) is 5.69 Å². The summed E-state index contributed by atoms with van der Waals surface area (Å²) >= 11 is 5.93. The van der Waals surface area contributed by atoms with E-state index in [9.17, 15) is 0 Å². The zero-order chi connectivity index (χ0) is 11.0. The SMILES string of the molecule is Cc1cc(N)cnc1-n1cc(Cl)c(C)n1. The minimum Gasteiger partial charge on any atom is -0.397 e. The average molecular weight is 223 g/mol. The van der Waals surface area contributed by atoms with Gasteiger partial charge in [-0.25, -0.2) is 9.67 Å². The summed E-state index contributed by atoms with van der Waals surface area (Å²) in [6.45, 7) is 3.79. The van der Waals surface area contributed by atoms with Crippen molar-refractivity contribution in [3.05, 3.63) is 34.7 Å². The van der Waals surface area contributed by atoms with Gasteiger partial charge in [0.1, 0.15) is 0 Å². The number of hydrogen-bond donors (Lipinski definition) is 1. The van der Waals surface area contributed by atoms with Crippen LogP contribution in [0.25, 0.3) is 5.82 Å². The normalized spacial score (nSPS) is 10.6. The number of hydrogen-bond acceptors (Lipinski definition) is 3. The van der Waals surface area contributed by atoms with Gasteiger partial charge in [-0.1, -0.05) is 11.6 Å². The fraction of sp³-hybridized carbons (Fsp3) is 0.200. The Balaban J connectivity index is 2.54. The summed E-state index contributed by atoms with van der Waals surface area (Å²) in [6, 6.07) is 1.85. The smallest absolute Gasteiger partial charge is 0.156 e. The molecule has 0 aromatic carbocycles. The molecule has 15 heavy (non-hydrogen) atoms. The van der Waals surface area contributed by atoms with Crippen molar-refractivity contribution in [1.82, 2.24) is 14.8 Å². The van der Waals surface area contributed by atoms with Gasteiger partial charge in [-0.15, -0.1) is 0 Å². The van der Waals surface area contributed by atoms with Gasteiger partial charge < -0.3 is 5.73 Å². The number of anilines is 1. The fourth-order valence-corrected chi connectivity index (χ4v) is 1.51. The second-order valence-corrected chi connectivity index (χ2v) is 3.82. The molecule has 2 N–H and O–H groups in total. The van der Waals surface area contributed by atoms with E-state index in [1.165, 1.54) is 0 Å². The van der Waals surface area contributed by atoms with E-state index in [0.717, 1.165) is 17.1 Å². The number of nitrogens with two attached hydrogens (primary N) is 1. The van der Waals surface area contributed by atoms with Gasteiger partial charge in [-0.2, -0.15) is 5.10 Å². The number of nitrogens with zero attached hydrogens (tertiary/aromatic N) is 3. The van der Waals surface area contributed by atoms with E-state index in [1.54, 1.807) is 17.1 Å². The molecule has 0 spiro atoms. The van der Waals surface area contributed by atoms with E-state index in [-0.39, 0.29) is 0 Å². The first kappa shape index (κ1) is 9.98. The first-order valence-electron chi connectivity index (χ1n) is 4.52. The zero-order valence-electron chi connectivity index (χ0n) is 8.53. The van der Waals surface area contributed by atoms with E-state index in [1.807, 2.05) is 19.9 Å². The Labute approximate surface area is 92.7 Å². The van der Waals surface area contributed by atoms with Gasteiger partial charge in [0.2, 0.25) is 0 Å². The summed E-state index contributed by atoms with van der Waals surface area (Å²) in [5.41, 5.74) is 8.02. The van der Waals surface area contributed by atoms with Crippen LogP contribution in [0.5, 0.6) is 0 Å². The molecule has 0 amide bonds. The number of aryl methyl sites for hydroxylation is 2. The Morgan fingerprint density at radius 1 is 1.40 bits per heavy atom. The van der Waals surface area contributed by atoms with Crippen molar-refractivity contribution in [3.63, 3.8) is 0 Å². The molecule has 0 aliphatic rings. The first-order valence-corrected chi connectivity index (χ1v) is 4.90. The topological polar surface area (TPSA) is 56.7 Å². The maximum Gasteiger partial charge on any atom is 0.156 e. The zero-order valence-corrected chi connectivity index (χ0v) is 9.28. The molecule has 0 unspecified atom stereocenters. The molecule has 0 saturated heterocycles. The predicted octanol–water partition coefficient (Wildman–Crippen LogP) is 2.12. The number of pyridine rings is 1. The highest BCUT2D eigenvalue weighted by Crippen LogP contribution is 2.18. The number of nitrogen functional groups attached to an aromatic ring is 1. The van der Waals surface area contributed by atoms with Crippen LogP contribution in [-0.2, 0) is 0 Å². The first-order chi connectivity index (χ1) is 7.08. The number of aromatic nitrogens is 3.